The molecule has 0 spiro atoms. The average molecular weight is 372 g/mol. The molecule has 0 saturated carbocycles. The monoisotopic (exact) mass is 371 g/mol. The summed E-state index contributed by atoms with van der Waals surface area (Å²) in [4.78, 5) is 16.7. The van der Waals surface area contributed by atoms with E-state index in [0.717, 1.165) is 5.01 Å². The summed E-state index contributed by atoms with van der Waals surface area (Å²) in [6.45, 7) is 3.99. The summed E-state index contributed by atoms with van der Waals surface area (Å²) in [5.41, 5.74) is 2.94. The van der Waals surface area contributed by atoms with Crippen LogP contribution in [0.4, 0.5) is 0 Å². The zero-order valence-corrected chi connectivity index (χ0v) is 15.1. The highest BCUT2D eigenvalue weighted by Crippen LogP contribution is 2.23. The smallest absolute Gasteiger partial charge is 0.255 e. The zero-order valence-electron chi connectivity index (χ0n) is 13.6. The van der Waals surface area contributed by atoms with E-state index < -0.39 is 0 Å². The Kier molecular flexibility index (Phi) is 4.83. The molecule has 0 aliphatic rings. The Hall–Kier alpha value is -2.69. The van der Waals surface area contributed by atoms with Gasteiger partial charge in [0.15, 0.2) is 0 Å². The summed E-state index contributed by atoms with van der Waals surface area (Å²) < 4.78 is 1.65. The van der Waals surface area contributed by atoms with Gasteiger partial charge in [-0.2, -0.15) is 10.4 Å². The summed E-state index contributed by atoms with van der Waals surface area (Å²) in [5.74, 6) is -0.198. The maximum absolute atomic E-state index is 12.5. The minimum Gasteiger partial charge on any atom is -0.345 e. The third-order valence-electron chi connectivity index (χ3n) is 3.72. The van der Waals surface area contributed by atoms with E-state index in [1.807, 2.05) is 18.4 Å². The van der Waals surface area contributed by atoms with Crippen molar-refractivity contribution in [2.45, 2.75) is 20.4 Å². The maximum Gasteiger partial charge on any atom is 0.255 e. The topological polar surface area (TPSA) is 83.6 Å². The van der Waals surface area contributed by atoms with Crippen LogP contribution in [0.2, 0.25) is 5.02 Å². The molecule has 126 valence electrons. The lowest BCUT2D eigenvalue weighted by Gasteiger charge is -2.07. The van der Waals surface area contributed by atoms with Gasteiger partial charge in [0.25, 0.3) is 5.91 Å². The Balaban J connectivity index is 1.89. The van der Waals surface area contributed by atoms with E-state index in [-0.39, 0.29) is 5.91 Å². The van der Waals surface area contributed by atoms with Crippen molar-refractivity contribution in [3.63, 3.8) is 0 Å². The molecule has 0 radical (unpaired) electrons. The van der Waals surface area contributed by atoms with Crippen molar-refractivity contribution in [1.29, 1.82) is 5.26 Å². The van der Waals surface area contributed by atoms with Crippen LogP contribution in [-0.4, -0.2) is 20.7 Å². The van der Waals surface area contributed by atoms with Crippen molar-refractivity contribution < 1.29 is 4.79 Å². The molecule has 0 aliphatic carbocycles. The molecule has 0 saturated heterocycles. The average Bonchev–Trinajstić information content (AvgIpc) is 3.20. The highest BCUT2D eigenvalue weighted by atomic mass is 35.5. The Morgan fingerprint density at radius 2 is 2.24 bits per heavy atom. The normalized spacial score (nSPS) is 10.5. The van der Waals surface area contributed by atoms with Gasteiger partial charge in [0.2, 0.25) is 0 Å². The lowest BCUT2D eigenvalue weighted by Crippen LogP contribution is -2.24. The number of nitrogens with zero attached hydrogens (tertiary/aromatic N) is 4. The molecule has 6 nitrogen and oxygen atoms in total. The lowest BCUT2D eigenvalue weighted by atomic mass is 10.1. The number of aromatic nitrogens is 3. The number of carbonyl (C=O) groups is 1. The predicted molar refractivity (Wildman–Crippen MR) is 96.0 cm³/mol. The van der Waals surface area contributed by atoms with Crippen LogP contribution in [-0.2, 0) is 6.54 Å². The molecule has 3 aromatic rings. The van der Waals surface area contributed by atoms with Gasteiger partial charge in [-0.25, -0.2) is 9.67 Å². The molecule has 0 fully saturated rings. The summed E-state index contributed by atoms with van der Waals surface area (Å²) >= 11 is 7.59. The van der Waals surface area contributed by atoms with Crippen LogP contribution in [0, 0.1) is 25.2 Å². The van der Waals surface area contributed by atoms with E-state index in [1.54, 1.807) is 36.0 Å². The quantitative estimate of drug-likeness (QED) is 0.761. The van der Waals surface area contributed by atoms with Crippen molar-refractivity contribution in [3.8, 4) is 11.8 Å². The highest BCUT2D eigenvalue weighted by Gasteiger charge is 2.20. The Morgan fingerprint density at radius 3 is 2.88 bits per heavy atom. The molecule has 1 amide bonds. The van der Waals surface area contributed by atoms with Crippen molar-refractivity contribution in [1.82, 2.24) is 20.1 Å². The first-order valence-electron chi connectivity index (χ1n) is 7.44. The molecule has 25 heavy (non-hydrogen) atoms. The molecule has 2 aromatic heterocycles. The number of rotatable bonds is 4. The number of aryl methyl sites for hydroxylation is 1. The van der Waals surface area contributed by atoms with Gasteiger partial charge >= 0.3 is 0 Å². The largest absolute Gasteiger partial charge is 0.345 e. The number of nitrogens with one attached hydrogen (secondary N) is 1. The number of benzene rings is 1. The Bertz CT molecular complexity index is 972. The molecular formula is C17H14ClN5OS. The van der Waals surface area contributed by atoms with Crippen molar-refractivity contribution >= 4 is 28.8 Å². The van der Waals surface area contributed by atoms with Crippen LogP contribution in [0.3, 0.4) is 0 Å². The predicted octanol–water partition coefficient (Wildman–Crippen LogP) is 3.40. The number of halogens is 1. The second-order valence-corrected chi connectivity index (χ2v) is 6.73. The Morgan fingerprint density at radius 1 is 1.44 bits per heavy atom. The number of hydrogen-bond acceptors (Lipinski definition) is 5. The van der Waals surface area contributed by atoms with Crippen LogP contribution in [0.15, 0.2) is 29.8 Å². The summed E-state index contributed by atoms with van der Waals surface area (Å²) in [5, 5.41) is 19.3. The van der Waals surface area contributed by atoms with Gasteiger partial charge in [-0.3, -0.25) is 4.79 Å². The maximum atomic E-state index is 12.5. The second-order valence-electron chi connectivity index (χ2n) is 5.34. The zero-order chi connectivity index (χ0) is 18.0. The fourth-order valence-corrected chi connectivity index (χ4v) is 3.31. The summed E-state index contributed by atoms with van der Waals surface area (Å²) in [6.07, 6.45) is 1.70. The van der Waals surface area contributed by atoms with Gasteiger partial charge in [-0.1, -0.05) is 11.6 Å². The first-order valence-corrected chi connectivity index (χ1v) is 8.70. The van der Waals surface area contributed by atoms with Gasteiger partial charge in [0.05, 0.1) is 39.8 Å². The standard InChI is InChI=1S/C17H14ClN5OS/c1-10-16(17(24)21-9-15-20-5-6-25-15)11(2)23(22-10)13-4-3-12(8-19)14(18)7-13/h3-7H,9H2,1-2H3,(H,21,24). The molecule has 3 rings (SSSR count). The third-order valence-corrected chi connectivity index (χ3v) is 4.81. The van der Waals surface area contributed by atoms with Crippen molar-refractivity contribution in [2.75, 3.05) is 0 Å². The minimum atomic E-state index is -0.198. The first kappa shape index (κ1) is 17.1. The molecule has 1 aromatic carbocycles. The fraction of sp³-hybridized carbons (Fsp3) is 0.176. The SMILES string of the molecule is Cc1nn(-c2ccc(C#N)c(Cl)c2)c(C)c1C(=O)NCc1nccs1. The molecule has 2 heterocycles. The van der Waals surface area contributed by atoms with E-state index in [2.05, 4.69) is 15.4 Å². The number of amides is 1. The number of nitriles is 1. The lowest BCUT2D eigenvalue weighted by molar-refractivity contribution is 0.0949. The second kappa shape index (κ2) is 7.05. The van der Waals surface area contributed by atoms with E-state index in [9.17, 15) is 4.79 Å². The van der Waals surface area contributed by atoms with Gasteiger partial charge in [-0.05, 0) is 32.0 Å². The molecule has 0 unspecified atom stereocenters. The summed E-state index contributed by atoms with van der Waals surface area (Å²) in [6, 6.07) is 7.07. The van der Waals surface area contributed by atoms with Gasteiger partial charge < -0.3 is 5.32 Å². The van der Waals surface area contributed by atoms with Crippen LogP contribution in [0.5, 0.6) is 0 Å². The van der Waals surface area contributed by atoms with Gasteiger partial charge in [-0.15, -0.1) is 11.3 Å². The van der Waals surface area contributed by atoms with Crippen molar-refractivity contribution in [2.24, 2.45) is 0 Å². The van der Waals surface area contributed by atoms with Crippen LogP contribution < -0.4 is 5.32 Å². The van der Waals surface area contributed by atoms with Crippen LogP contribution >= 0.6 is 22.9 Å². The molecule has 1 N–H and O–H groups in total. The molecule has 8 heteroatoms. The molecular weight excluding hydrogens is 358 g/mol. The molecule has 0 atom stereocenters. The first-order chi connectivity index (χ1) is 12.0. The van der Waals surface area contributed by atoms with Gasteiger partial charge in [0.1, 0.15) is 11.1 Å². The fourth-order valence-electron chi connectivity index (χ4n) is 2.53. The van der Waals surface area contributed by atoms with E-state index >= 15 is 0 Å². The van der Waals surface area contributed by atoms with E-state index in [0.29, 0.717) is 39.8 Å². The molecule has 0 bridgehead atoms. The molecule has 0 aliphatic heterocycles. The van der Waals surface area contributed by atoms with E-state index in [1.165, 1.54) is 11.3 Å². The minimum absolute atomic E-state index is 0.198. The summed E-state index contributed by atoms with van der Waals surface area (Å²) in [7, 11) is 0. The number of hydrogen-bond donors (Lipinski definition) is 1. The third kappa shape index (κ3) is 3.40. The van der Waals surface area contributed by atoms with E-state index in [4.69, 9.17) is 16.9 Å². The number of carbonyl (C=O) groups excluding carboxylic acids is 1. The van der Waals surface area contributed by atoms with Gasteiger partial charge in [0, 0.05) is 11.6 Å². The van der Waals surface area contributed by atoms with Crippen LogP contribution in [0.25, 0.3) is 5.69 Å². The van der Waals surface area contributed by atoms with Crippen LogP contribution in [0.1, 0.15) is 32.3 Å². The van der Waals surface area contributed by atoms with Crippen molar-refractivity contribution in [3.05, 3.63) is 62.3 Å². The highest BCUT2D eigenvalue weighted by molar-refractivity contribution is 7.09. The Labute approximate surface area is 153 Å². The number of thiazole rings is 1.